The number of anilines is 1. The number of aromatic nitrogens is 2. The highest BCUT2D eigenvalue weighted by Gasteiger charge is 2.23. The SMILES string of the molecule is CCOC(=O)n1ncc2c1-c1ccccc1NC2. The van der Waals surface area contributed by atoms with E-state index < -0.39 is 6.09 Å². The van der Waals surface area contributed by atoms with Crippen molar-refractivity contribution in [2.75, 3.05) is 11.9 Å². The second-order valence-corrected chi connectivity index (χ2v) is 4.03. The predicted molar refractivity (Wildman–Crippen MR) is 67.4 cm³/mol. The van der Waals surface area contributed by atoms with Gasteiger partial charge in [0.2, 0.25) is 0 Å². The van der Waals surface area contributed by atoms with E-state index in [1.807, 2.05) is 24.3 Å². The number of carbonyl (C=O) groups excluding carboxylic acids is 1. The molecular formula is C13H13N3O2. The van der Waals surface area contributed by atoms with E-state index in [4.69, 9.17) is 4.74 Å². The zero-order chi connectivity index (χ0) is 12.5. The van der Waals surface area contributed by atoms with Crippen LogP contribution in [0.3, 0.4) is 0 Å². The quantitative estimate of drug-likeness (QED) is 0.836. The molecule has 1 N–H and O–H groups in total. The van der Waals surface area contributed by atoms with Crippen LogP contribution in [0.1, 0.15) is 12.5 Å². The van der Waals surface area contributed by atoms with Gasteiger partial charge in [-0.15, -0.1) is 0 Å². The maximum atomic E-state index is 11.8. The van der Waals surface area contributed by atoms with Crippen LogP contribution in [-0.4, -0.2) is 22.5 Å². The Morgan fingerprint density at radius 1 is 1.50 bits per heavy atom. The number of nitrogens with one attached hydrogen (secondary N) is 1. The Bertz CT molecular complexity index is 604. The minimum absolute atomic E-state index is 0.341. The van der Waals surface area contributed by atoms with Crippen LogP contribution in [-0.2, 0) is 11.3 Å². The van der Waals surface area contributed by atoms with Crippen LogP contribution in [0.15, 0.2) is 30.5 Å². The van der Waals surface area contributed by atoms with Crippen molar-refractivity contribution in [3.05, 3.63) is 36.0 Å². The average Bonchev–Trinajstić information content (AvgIpc) is 2.83. The number of hydrogen-bond donors (Lipinski definition) is 1. The fourth-order valence-electron chi connectivity index (χ4n) is 2.16. The van der Waals surface area contributed by atoms with Gasteiger partial charge in [0.25, 0.3) is 0 Å². The highest BCUT2D eigenvalue weighted by atomic mass is 16.5. The standard InChI is InChI=1S/C13H13N3O2/c1-2-18-13(17)16-12-9(8-15-16)7-14-11-6-4-3-5-10(11)12/h3-6,8,14H,2,7H2,1H3. The third-order valence-electron chi connectivity index (χ3n) is 2.94. The van der Waals surface area contributed by atoms with Gasteiger partial charge >= 0.3 is 6.09 Å². The van der Waals surface area contributed by atoms with E-state index >= 15 is 0 Å². The molecule has 0 saturated heterocycles. The van der Waals surface area contributed by atoms with E-state index in [1.165, 1.54) is 4.68 Å². The molecule has 92 valence electrons. The molecule has 2 aromatic rings. The summed E-state index contributed by atoms with van der Waals surface area (Å²) in [6.07, 6.45) is 1.27. The number of carbonyl (C=O) groups is 1. The van der Waals surface area contributed by atoms with Gasteiger partial charge in [-0.3, -0.25) is 0 Å². The molecule has 0 fully saturated rings. The van der Waals surface area contributed by atoms with Crippen molar-refractivity contribution in [2.45, 2.75) is 13.5 Å². The molecule has 3 rings (SSSR count). The molecule has 0 spiro atoms. The van der Waals surface area contributed by atoms with Crippen molar-refractivity contribution in [3.63, 3.8) is 0 Å². The van der Waals surface area contributed by atoms with Gasteiger partial charge in [0.05, 0.1) is 18.5 Å². The molecular weight excluding hydrogens is 230 g/mol. The Morgan fingerprint density at radius 2 is 2.33 bits per heavy atom. The smallest absolute Gasteiger partial charge is 0.435 e. The summed E-state index contributed by atoms with van der Waals surface area (Å²) in [5.74, 6) is 0. The lowest BCUT2D eigenvalue weighted by Crippen LogP contribution is -2.18. The summed E-state index contributed by atoms with van der Waals surface area (Å²) < 4.78 is 6.34. The molecule has 0 radical (unpaired) electrons. The van der Waals surface area contributed by atoms with Crippen LogP contribution in [0.2, 0.25) is 0 Å². The van der Waals surface area contributed by atoms with Crippen LogP contribution in [0.5, 0.6) is 0 Å². The maximum absolute atomic E-state index is 11.8. The highest BCUT2D eigenvalue weighted by Crippen LogP contribution is 2.35. The Kier molecular flexibility index (Phi) is 2.51. The normalized spacial score (nSPS) is 12.3. The van der Waals surface area contributed by atoms with Crippen molar-refractivity contribution in [3.8, 4) is 11.3 Å². The molecule has 0 saturated carbocycles. The minimum atomic E-state index is -0.435. The number of hydrogen-bond acceptors (Lipinski definition) is 4. The first-order valence-corrected chi connectivity index (χ1v) is 5.88. The van der Waals surface area contributed by atoms with Crippen LogP contribution in [0, 0.1) is 0 Å². The Morgan fingerprint density at radius 3 is 3.17 bits per heavy atom. The van der Waals surface area contributed by atoms with E-state index in [-0.39, 0.29) is 0 Å². The molecule has 0 unspecified atom stereocenters. The van der Waals surface area contributed by atoms with Crippen LogP contribution < -0.4 is 5.32 Å². The topological polar surface area (TPSA) is 56.2 Å². The van der Waals surface area contributed by atoms with Gasteiger partial charge < -0.3 is 10.1 Å². The molecule has 0 aliphatic carbocycles. The number of benzene rings is 1. The van der Waals surface area contributed by atoms with Crippen molar-refractivity contribution in [2.24, 2.45) is 0 Å². The van der Waals surface area contributed by atoms with E-state index in [0.29, 0.717) is 13.2 Å². The molecule has 0 atom stereocenters. The van der Waals surface area contributed by atoms with E-state index in [9.17, 15) is 4.79 Å². The summed E-state index contributed by atoms with van der Waals surface area (Å²) in [6.45, 7) is 2.79. The highest BCUT2D eigenvalue weighted by molar-refractivity contribution is 5.86. The van der Waals surface area contributed by atoms with Crippen molar-refractivity contribution < 1.29 is 9.53 Å². The third kappa shape index (κ3) is 1.55. The second-order valence-electron chi connectivity index (χ2n) is 4.03. The van der Waals surface area contributed by atoms with E-state index in [0.717, 1.165) is 22.5 Å². The van der Waals surface area contributed by atoms with Gasteiger partial charge in [-0.25, -0.2) is 4.79 Å². The van der Waals surface area contributed by atoms with Gasteiger partial charge in [-0.2, -0.15) is 9.78 Å². The lowest BCUT2D eigenvalue weighted by Gasteiger charge is -2.19. The summed E-state index contributed by atoms with van der Waals surface area (Å²) >= 11 is 0. The first-order valence-electron chi connectivity index (χ1n) is 5.88. The fraction of sp³-hybridized carbons (Fsp3) is 0.231. The minimum Gasteiger partial charge on any atom is -0.448 e. The molecule has 0 amide bonds. The van der Waals surface area contributed by atoms with Gasteiger partial charge in [0, 0.05) is 23.4 Å². The van der Waals surface area contributed by atoms with Crippen molar-refractivity contribution >= 4 is 11.8 Å². The number of fused-ring (bicyclic) bond motifs is 3. The van der Waals surface area contributed by atoms with E-state index in [2.05, 4.69) is 10.4 Å². The van der Waals surface area contributed by atoms with Crippen molar-refractivity contribution in [1.29, 1.82) is 0 Å². The second kappa shape index (κ2) is 4.18. The molecule has 1 aliphatic heterocycles. The van der Waals surface area contributed by atoms with E-state index in [1.54, 1.807) is 13.1 Å². The summed E-state index contributed by atoms with van der Waals surface area (Å²) in [7, 11) is 0. The largest absolute Gasteiger partial charge is 0.448 e. The van der Waals surface area contributed by atoms with Gasteiger partial charge in [-0.05, 0) is 13.0 Å². The number of rotatable bonds is 1. The number of nitrogens with zero attached hydrogens (tertiary/aromatic N) is 2. The first-order chi connectivity index (χ1) is 8.81. The monoisotopic (exact) mass is 243 g/mol. The maximum Gasteiger partial charge on any atom is 0.435 e. The van der Waals surface area contributed by atoms with Gasteiger partial charge in [-0.1, -0.05) is 18.2 Å². The molecule has 2 heterocycles. The lowest BCUT2D eigenvalue weighted by molar-refractivity contribution is 0.151. The number of ether oxygens (including phenoxy) is 1. The zero-order valence-electron chi connectivity index (χ0n) is 10.0. The summed E-state index contributed by atoms with van der Waals surface area (Å²) in [5.41, 5.74) is 3.81. The summed E-state index contributed by atoms with van der Waals surface area (Å²) in [4.78, 5) is 11.8. The Labute approximate surface area is 104 Å². The van der Waals surface area contributed by atoms with Gasteiger partial charge in [0.1, 0.15) is 0 Å². The van der Waals surface area contributed by atoms with Crippen LogP contribution in [0.4, 0.5) is 10.5 Å². The lowest BCUT2D eigenvalue weighted by atomic mass is 10.0. The van der Waals surface area contributed by atoms with Crippen LogP contribution in [0.25, 0.3) is 11.3 Å². The molecule has 1 aliphatic rings. The summed E-state index contributed by atoms with van der Waals surface area (Å²) in [6, 6.07) is 7.86. The average molecular weight is 243 g/mol. The summed E-state index contributed by atoms with van der Waals surface area (Å²) in [5, 5.41) is 7.41. The number of para-hydroxylation sites is 1. The van der Waals surface area contributed by atoms with Gasteiger partial charge in [0.15, 0.2) is 0 Å². The fourth-order valence-corrected chi connectivity index (χ4v) is 2.16. The molecule has 5 heteroatoms. The van der Waals surface area contributed by atoms with Crippen molar-refractivity contribution in [1.82, 2.24) is 9.78 Å². The zero-order valence-corrected chi connectivity index (χ0v) is 10.0. The Hall–Kier alpha value is -2.30. The van der Waals surface area contributed by atoms with Crippen LogP contribution >= 0.6 is 0 Å². The molecule has 1 aromatic carbocycles. The molecule has 0 bridgehead atoms. The molecule has 18 heavy (non-hydrogen) atoms. The molecule has 1 aromatic heterocycles. The predicted octanol–water partition coefficient (Wildman–Crippen LogP) is 2.48. The Balaban J connectivity index is 2.13. The molecule has 5 nitrogen and oxygen atoms in total. The third-order valence-corrected chi connectivity index (χ3v) is 2.94. The first kappa shape index (κ1) is 10.8.